The van der Waals surface area contributed by atoms with Crippen LogP contribution in [0.25, 0.3) is 0 Å². The molecule has 168 valence electrons. The van der Waals surface area contributed by atoms with Crippen LogP contribution in [0.15, 0.2) is 35.3 Å². The maximum Gasteiger partial charge on any atom is 0.263 e. The molecule has 1 aromatic heterocycles. The number of rotatable bonds is 6. The molecule has 2 aromatic rings. The first-order chi connectivity index (χ1) is 14.4. The normalized spacial score (nSPS) is 21.7. The molecule has 2 N–H and O–H groups in total. The van der Waals surface area contributed by atoms with Gasteiger partial charge in [0.05, 0.1) is 14.2 Å². The molecule has 0 saturated carbocycles. The molecular weight excluding hydrogens is 418 g/mol. The number of benzene rings is 1. The second-order valence-corrected chi connectivity index (χ2v) is 8.22. The highest BCUT2D eigenvalue weighted by atomic mass is 35.5. The summed E-state index contributed by atoms with van der Waals surface area (Å²) in [6.07, 6.45) is 5.13. The molecule has 2 aliphatic heterocycles. The number of pyridine rings is 1. The van der Waals surface area contributed by atoms with Crippen LogP contribution in [-0.2, 0) is 13.0 Å². The zero-order chi connectivity index (χ0) is 21.4. The summed E-state index contributed by atoms with van der Waals surface area (Å²) >= 11 is 0. The van der Waals surface area contributed by atoms with Gasteiger partial charge in [-0.25, -0.2) is 0 Å². The molecular formula is C23H30ClN3O4. The van der Waals surface area contributed by atoms with Gasteiger partial charge >= 0.3 is 0 Å². The molecule has 2 bridgehead atoms. The fourth-order valence-electron chi connectivity index (χ4n) is 4.87. The van der Waals surface area contributed by atoms with E-state index in [1.54, 1.807) is 25.0 Å². The Morgan fingerprint density at radius 1 is 1.16 bits per heavy atom. The largest absolute Gasteiger partial charge is 0.493 e. The number of amides is 1. The molecule has 7 nitrogen and oxygen atoms in total. The molecule has 4 rings (SSSR count). The Kier molecular flexibility index (Phi) is 6.96. The second-order valence-electron chi connectivity index (χ2n) is 8.22. The van der Waals surface area contributed by atoms with E-state index < -0.39 is 0 Å². The third-order valence-corrected chi connectivity index (χ3v) is 6.50. The van der Waals surface area contributed by atoms with E-state index in [1.807, 2.05) is 36.1 Å². The number of carbonyl (C=O) groups is 1. The molecule has 2 fully saturated rings. The average molecular weight is 448 g/mol. The number of aromatic nitrogens is 1. The molecule has 3 heterocycles. The quantitative estimate of drug-likeness (QED) is 0.735. The number of nitrogens with two attached hydrogens (primary N) is 1. The summed E-state index contributed by atoms with van der Waals surface area (Å²) in [7, 11) is 3.20. The molecule has 2 saturated heterocycles. The van der Waals surface area contributed by atoms with Crippen LogP contribution in [0.3, 0.4) is 0 Å². The fraction of sp³-hybridized carbons (Fsp3) is 0.478. The topological polar surface area (TPSA) is 86.8 Å². The van der Waals surface area contributed by atoms with E-state index in [9.17, 15) is 9.59 Å². The molecule has 31 heavy (non-hydrogen) atoms. The van der Waals surface area contributed by atoms with Gasteiger partial charge in [0, 0.05) is 30.9 Å². The maximum atomic E-state index is 13.3. The van der Waals surface area contributed by atoms with Crippen molar-refractivity contribution in [2.45, 2.75) is 57.3 Å². The van der Waals surface area contributed by atoms with Gasteiger partial charge in [-0.05, 0) is 61.9 Å². The zero-order valence-corrected chi connectivity index (χ0v) is 19.0. The van der Waals surface area contributed by atoms with Crippen molar-refractivity contribution in [3.8, 4) is 11.5 Å². The van der Waals surface area contributed by atoms with Crippen LogP contribution in [0, 0.1) is 6.92 Å². The minimum Gasteiger partial charge on any atom is -0.493 e. The van der Waals surface area contributed by atoms with Gasteiger partial charge in [-0.2, -0.15) is 0 Å². The number of methoxy groups -OCH3 is 2. The third kappa shape index (κ3) is 4.16. The Morgan fingerprint density at radius 2 is 1.90 bits per heavy atom. The minimum absolute atomic E-state index is 0. The summed E-state index contributed by atoms with van der Waals surface area (Å²) in [5.41, 5.74) is 7.97. The number of hydrogen-bond acceptors (Lipinski definition) is 5. The lowest BCUT2D eigenvalue weighted by Gasteiger charge is -2.24. The second kappa shape index (κ2) is 9.32. The van der Waals surface area contributed by atoms with Crippen molar-refractivity contribution < 1.29 is 14.3 Å². The summed E-state index contributed by atoms with van der Waals surface area (Å²) in [5.74, 6) is 1.15. The molecule has 0 spiro atoms. The average Bonchev–Trinajstić information content (AvgIpc) is 3.29. The smallest absolute Gasteiger partial charge is 0.263 e. The Balaban J connectivity index is 0.00000272. The summed E-state index contributed by atoms with van der Waals surface area (Å²) in [4.78, 5) is 28.4. The van der Waals surface area contributed by atoms with Crippen LogP contribution >= 0.6 is 12.4 Å². The van der Waals surface area contributed by atoms with Gasteiger partial charge in [0.1, 0.15) is 5.56 Å². The van der Waals surface area contributed by atoms with Gasteiger partial charge in [-0.15, -0.1) is 12.4 Å². The number of ether oxygens (including phenoxy) is 2. The zero-order valence-electron chi connectivity index (χ0n) is 18.2. The summed E-state index contributed by atoms with van der Waals surface area (Å²) in [5, 5.41) is 0. The number of nitrogens with zero attached hydrogens (tertiary/aromatic N) is 2. The highest BCUT2D eigenvalue weighted by Crippen LogP contribution is 2.37. The van der Waals surface area contributed by atoms with Crippen LogP contribution in [-0.4, -0.2) is 47.7 Å². The van der Waals surface area contributed by atoms with Gasteiger partial charge in [-0.1, -0.05) is 6.07 Å². The van der Waals surface area contributed by atoms with Gasteiger partial charge in [0.25, 0.3) is 11.5 Å². The summed E-state index contributed by atoms with van der Waals surface area (Å²) in [6.45, 7) is 2.30. The highest BCUT2D eigenvalue weighted by molar-refractivity contribution is 5.96. The monoisotopic (exact) mass is 447 g/mol. The van der Waals surface area contributed by atoms with Gasteiger partial charge < -0.3 is 24.7 Å². The number of carbonyl (C=O) groups excluding carboxylic acids is 1. The van der Waals surface area contributed by atoms with E-state index >= 15 is 0 Å². The first-order valence-corrected chi connectivity index (χ1v) is 10.4. The Morgan fingerprint density at radius 3 is 2.52 bits per heavy atom. The lowest BCUT2D eigenvalue weighted by molar-refractivity contribution is 0.0723. The number of fused-ring (bicyclic) bond motifs is 2. The van der Waals surface area contributed by atoms with Crippen LogP contribution in [0.2, 0.25) is 0 Å². The van der Waals surface area contributed by atoms with E-state index in [0.29, 0.717) is 30.0 Å². The van der Waals surface area contributed by atoms with Crippen LogP contribution in [0.4, 0.5) is 0 Å². The van der Waals surface area contributed by atoms with E-state index in [-0.39, 0.29) is 47.6 Å². The molecule has 2 aliphatic rings. The molecule has 3 atom stereocenters. The van der Waals surface area contributed by atoms with Gasteiger partial charge in [0.15, 0.2) is 11.5 Å². The van der Waals surface area contributed by atoms with Crippen molar-refractivity contribution in [3.63, 3.8) is 0 Å². The first kappa shape index (κ1) is 23.2. The SMILES string of the molecule is COc1ccc(CCn2ccc(C)c(C(=O)N3[C@@H]4CC[C@H]3[C@H](N)C4)c2=O)cc1OC.Cl. The third-order valence-electron chi connectivity index (χ3n) is 6.50. The van der Waals surface area contributed by atoms with E-state index in [4.69, 9.17) is 15.2 Å². The van der Waals surface area contributed by atoms with Crippen molar-refractivity contribution in [3.05, 3.63) is 57.5 Å². The van der Waals surface area contributed by atoms with Crippen LogP contribution < -0.4 is 20.8 Å². The Bertz CT molecular complexity index is 1020. The molecule has 0 unspecified atom stereocenters. The van der Waals surface area contributed by atoms with Crippen LogP contribution in [0.1, 0.15) is 40.7 Å². The number of hydrogen-bond donors (Lipinski definition) is 1. The minimum atomic E-state index is -0.236. The van der Waals surface area contributed by atoms with Crippen molar-refractivity contribution in [2.75, 3.05) is 14.2 Å². The lowest BCUT2D eigenvalue weighted by Crippen LogP contribution is -2.43. The Hall–Kier alpha value is -2.51. The molecule has 0 aliphatic carbocycles. The highest BCUT2D eigenvalue weighted by Gasteiger charge is 2.47. The lowest BCUT2D eigenvalue weighted by atomic mass is 9.96. The van der Waals surface area contributed by atoms with Crippen molar-refractivity contribution in [2.24, 2.45) is 5.73 Å². The van der Waals surface area contributed by atoms with E-state index in [2.05, 4.69) is 0 Å². The number of aryl methyl sites for hydroxylation is 3. The number of halogens is 1. The van der Waals surface area contributed by atoms with Gasteiger partial charge in [0.2, 0.25) is 0 Å². The summed E-state index contributed by atoms with van der Waals surface area (Å²) in [6, 6.07) is 7.81. The predicted molar refractivity (Wildman–Crippen MR) is 122 cm³/mol. The van der Waals surface area contributed by atoms with E-state index in [0.717, 1.165) is 24.8 Å². The van der Waals surface area contributed by atoms with Crippen molar-refractivity contribution in [1.29, 1.82) is 0 Å². The Labute approximate surface area is 188 Å². The molecule has 8 heteroatoms. The summed E-state index contributed by atoms with van der Waals surface area (Å²) < 4.78 is 12.3. The van der Waals surface area contributed by atoms with Crippen LogP contribution in [0.5, 0.6) is 11.5 Å². The molecule has 1 aromatic carbocycles. The van der Waals surface area contributed by atoms with Crippen molar-refractivity contribution >= 4 is 18.3 Å². The van der Waals surface area contributed by atoms with Gasteiger partial charge in [-0.3, -0.25) is 9.59 Å². The molecule has 0 radical (unpaired) electrons. The maximum absolute atomic E-state index is 13.3. The molecule has 1 amide bonds. The van der Waals surface area contributed by atoms with Crippen molar-refractivity contribution in [1.82, 2.24) is 9.47 Å². The predicted octanol–water partition coefficient (Wildman–Crippen LogP) is 2.54. The first-order valence-electron chi connectivity index (χ1n) is 10.4. The standard InChI is InChI=1S/C23H29N3O4.ClH/c1-14-8-10-25(11-9-15-4-7-19(29-2)20(12-15)30-3)22(27)21(14)23(28)26-16-5-6-18(26)17(24)13-16;/h4,7-8,10,12,16-18H,5-6,9,11,13,24H2,1-3H3;1H/t16-,17-,18+;/m1./s1. The van der Waals surface area contributed by atoms with E-state index in [1.165, 1.54) is 0 Å². The fourth-order valence-corrected chi connectivity index (χ4v) is 4.87.